The molecular weight excluding hydrogens is 364 g/mol. The minimum Gasteiger partial charge on any atom is -0.392 e. The Hall–Kier alpha value is -2.92. The van der Waals surface area contributed by atoms with Gasteiger partial charge in [0, 0.05) is 19.5 Å². The van der Waals surface area contributed by atoms with Crippen molar-refractivity contribution in [3.63, 3.8) is 0 Å². The van der Waals surface area contributed by atoms with Gasteiger partial charge in [0.05, 0.1) is 6.61 Å². The molecule has 5 nitrogen and oxygen atoms in total. The Balaban J connectivity index is 2.21. The fraction of sp³-hybridized carbons (Fsp3) is 0.333. The Labute approximate surface area is 173 Å². The van der Waals surface area contributed by atoms with Crippen LogP contribution in [0.1, 0.15) is 43.4 Å². The summed E-state index contributed by atoms with van der Waals surface area (Å²) < 4.78 is 0. The normalized spacial score (nSPS) is 11.9. The molecule has 1 unspecified atom stereocenters. The second-order valence-electron chi connectivity index (χ2n) is 6.76. The molecule has 1 atom stereocenters. The third-order valence-corrected chi connectivity index (χ3v) is 4.61. The summed E-state index contributed by atoms with van der Waals surface area (Å²) in [5, 5.41) is 11.7. The van der Waals surface area contributed by atoms with Gasteiger partial charge in [0.15, 0.2) is 0 Å². The first-order valence-corrected chi connectivity index (χ1v) is 10.1. The summed E-state index contributed by atoms with van der Waals surface area (Å²) in [7, 11) is 0. The van der Waals surface area contributed by atoms with Crippen molar-refractivity contribution in [2.24, 2.45) is 0 Å². The molecule has 0 aliphatic carbocycles. The lowest BCUT2D eigenvalue weighted by Crippen LogP contribution is -2.43. The number of amides is 2. The van der Waals surface area contributed by atoms with Crippen LogP contribution in [0.3, 0.4) is 0 Å². The molecule has 5 heteroatoms. The predicted molar refractivity (Wildman–Crippen MR) is 115 cm³/mol. The van der Waals surface area contributed by atoms with Crippen LogP contribution in [0.2, 0.25) is 0 Å². The standard InChI is InChI=1S/C24H30N2O3/c1-2-22(28)26(19-20-13-7-5-8-14-20)23(21-15-9-6-10-16-21)24(29)25-17-11-3-4-12-18-27/h4-10,12-16,23,27H,2-3,11,17-19H2,1H3,(H,25,29)/b12-4+. The molecule has 0 bridgehead atoms. The second kappa shape index (κ2) is 12.5. The number of carbonyl (C=O) groups is 2. The average Bonchev–Trinajstić information content (AvgIpc) is 2.76. The third kappa shape index (κ3) is 7.20. The van der Waals surface area contributed by atoms with Crippen LogP contribution in [-0.4, -0.2) is 35.0 Å². The zero-order valence-corrected chi connectivity index (χ0v) is 17.0. The van der Waals surface area contributed by atoms with Gasteiger partial charge in [0.2, 0.25) is 11.8 Å². The highest BCUT2D eigenvalue weighted by Gasteiger charge is 2.30. The average molecular weight is 395 g/mol. The number of hydrogen-bond donors (Lipinski definition) is 2. The van der Waals surface area contributed by atoms with Crippen molar-refractivity contribution < 1.29 is 14.7 Å². The first kappa shape index (κ1) is 22.4. The van der Waals surface area contributed by atoms with Gasteiger partial charge in [-0.15, -0.1) is 0 Å². The summed E-state index contributed by atoms with van der Waals surface area (Å²) in [5.74, 6) is -0.246. The van der Waals surface area contributed by atoms with E-state index in [1.54, 1.807) is 11.0 Å². The number of benzene rings is 2. The number of nitrogens with zero attached hydrogens (tertiary/aromatic N) is 1. The van der Waals surface area contributed by atoms with Gasteiger partial charge in [-0.25, -0.2) is 0 Å². The zero-order chi connectivity index (χ0) is 20.9. The highest BCUT2D eigenvalue weighted by atomic mass is 16.2. The minimum atomic E-state index is -0.683. The van der Waals surface area contributed by atoms with Crippen LogP contribution in [-0.2, 0) is 16.1 Å². The van der Waals surface area contributed by atoms with E-state index in [4.69, 9.17) is 5.11 Å². The van der Waals surface area contributed by atoms with Crippen LogP contribution < -0.4 is 5.32 Å². The number of rotatable bonds is 11. The second-order valence-corrected chi connectivity index (χ2v) is 6.76. The van der Waals surface area contributed by atoms with Crippen molar-refractivity contribution in [1.82, 2.24) is 10.2 Å². The van der Waals surface area contributed by atoms with Crippen LogP contribution in [0.15, 0.2) is 72.8 Å². The molecule has 0 aliphatic rings. The van der Waals surface area contributed by atoms with Gasteiger partial charge in [-0.1, -0.05) is 79.7 Å². The Kier molecular flexibility index (Phi) is 9.66. The molecule has 2 aromatic rings. The van der Waals surface area contributed by atoms with Crippen LogP contribution >= 0.6 is 0 Å². The summed E-state index contributed by atoms with van der Waals surface area (Å²) in [6, 6.07) is 18.5. The first-order valence-electron chi connectivity index (χ1n) is 10.1. The van der Waals surface area contributed by atoms with Crippen LogP contribution in [0, 0.1) is 0 Å². The first-order chi connectivity index (χ1) is 14.2. The molecule has 2 rings (SSSR count). The van der Waals surface area contributed by atoms with E-state index in [0.29, 0.717) is 19.5 Å². The fourth-order valence-corrected chi connectivity index (χ4v) is 3.14. The smallest absolute Gasteiger partial charge is 0.247 e. The van der Waals surface area contributed by atoms with Gasteiger partial charge >= 0.3 is 0 Å². The van der Waals surface area contributed by atoms with Gasteiger partial charge in [0.1, 0.15) is 6.04 Å². The van der Waals surface area contributed by atoms with E-state index in [1.165, 1.54) is 0 Å². The van der Waals surface area contributed by atoms with Crippen molar-refractivity contribution in [1.29, 1.82) is 0 Å². The summed E-state index contributed by atoms with van der Waals surface area (Å²) >= 11 is 0. The van der Waals surface area contributed by atoms with Gasteiger partial charge in [-0.3, -0.25) is 9.59 Å². The molecule has 0 aliphatic heterocycles. The van der Waals surface area contributed by atoms with E-state index < -0.39 is 6.04 Å². The van der Waals surface area contributed by atoms with Gasteiger partial charge in [0.25, 0.3) is 0 Å². The Morgan fingerprint density at radius 2 is 1.69 bits per heavy atom. The molecule has 0 saturated heterocycles. The third-order valence-electron chi connectivity index (χ3n) is 4.61. The minimum absolute atomic E-state index is 0.0238. The molecule has 29 heavy (non-hydrogen) atoms. The molecule has 0 heterocycles. The van der Waals surface area contributed by atoms with E-state index in [2.05, 4.69) is 5.32 Å². The molecule has 0 radical (unpaired) electrons. The van der Waals surface area contributed by atoms with Crippen LogP contribution in [0.4, 0.5) is 0 Å². The van der Waals surface area contributed by atoms with E-state index in [0.717, 1.165) is 24.0 Å². The molecule has 0 saturated carbocycles. The van der Waals surface area contributed by atoms with Crippen molar-refractivity contribution in [2.75, 3.05) is 13.2 Å². The number of aliphatic hydroxyl groups is 1. The maximum atomic E-state index is 13.1. The molecule has 0 aromatic heterocycles. The lowest BCUT2D eigenvalue weighted by molar-refractivity contribution is -0.141. The zero-order valence-electron chi connectivity index (χ0n) is 17.0. The van der Waals surface area contributed by atoms with E-state index in [9.17, 15) is 9.59 Å². The highest BCUT2D eigenvalue weighted by molar-refractivity contribution is 5.88. The lowest BCUT2D eigenvalue weighted by Gasteiger charge is -2.31. The number of carbonyl (C=O) groups excluding carboxylic acids is 2. The Morgan fingerprint density at radius 1 is 1.03 bits per heavy atom. The number of unbranched alkanes of at least 4 members (excludes halogenated alkanes) is 1. The topological polar surface area (TPSA) is 69.6 Å². The Morgan fingerprint density at radius 3 is 2.31 bits per heavy atom. The van der Waals surface area contributed by atoms with Crippen molar-refractivity contribution in [2.45, 2.75) is 38.8 Å². The maximum absolute atomic E-state index is 13.1. The Bertz CT molecular complexity index is 775. The fourth-order valence-electron chi connectivity index (χ4n) is 3.14. The molecule has 0 spiro atoms. The number of hydrogen-bond acceptors (Lipinski definition) is 3. The van der Waals surface area contributed by atoms with Crippen molar-refractivity contribution >= 4 is 11.8 Å². The van der Waals surface area contributed by atoms with E-state index in [1.807, 2.05) is 73.7 Å². The summed E-state index contributed by atoms with van der Waals surface area (Å²) in [6.07, 6.45) is 5.46. The van der Waals surface area contributed by atoms with E-state index in [-0.39, 0.29) is 18.4 Å². The number of aliphatic hydroxyl groups excluding tert-OH is 1. The van der Waals surface area contributed by atoms with Gasteiger partial charge in [-0.2, -0.15) is 0 Å². The SMILES string of the molecule is CCC(=O)N(Cc1ccccc1)C(C(=O)NCCC/C=C/CO)c1ccccc1. The van der Waals surface area contributed by atoms with E-state index >= 15 is 0 Å². The van der Waals surface area contributed by atoms with Gasteiger partial charge in [-0.05, 0) is 24.0 Å². The largest absolute Gasteiger partial charge is 0.392 e. The van der Waals surface area contributed by atoms with Crippen LogP contribution in [0.25, 0.3) is 0 Å². The van der Waals surface area contributed by atoms with Gasteiger partial charge < -0.3 is 15.3 Å². The van der Waals surface area contributed by atoms with Crippen molar-refractivity contribution in [3.05, 3.63) is 83.9 Å². The van der Waals surface area contributed by atoms with Crippen LogP contribution in [0.5, 0.6) is 0 Å². The monoisotopic (exact) mass is 394 g/mol. The molecule has 2 N–H and O–H groups in total. The highest BCUT2D eigenvalue weighted by Crippen LogP contribution is 2.24. The molecule has 2 aromatic carbocycles. The summed E-state index contributed by atoms with van der Waals surface area (Å²) in [5.41, 5.74) is 1.78. The number of nitrogens with one attached hydrogen (secondary N) is 1. The quantitative estimate of drug-likeness (QED) is 0.452. The number of allylic oxidation sites excluding steroid dienone is 1. The molecule has 0 fully saturated rings. The summed E-state index contributed by atoms with van der Waals surface area (Å²) in [4.78, 5) is 27.6. The molecular formula is C24H30N2O3. The molecule has 2 amide bonds. The lowest BCUT2D eigenvalue weighted by atomic mass is 10.0. The predicted octanol–water partition coefficient (Wildman–Crippen LogP) is 3.61. The summed E-state index contributed by atoms with van der Waals surface area (Å²) in [6.45, 7) is 2.72. The molecule has 154 valence electrons. The van der Waals surface area contributed by atoms with Crippen molar-refractivity contribution in [3.8, 4) is 0 Å². The maximum Gasteiger partial charge on any atom is 0.247 e.